The van der Waals surface area contributed by atoms with Gasteiger partial charge in [0.15, 0.2) is 5.75 Å². The molecule has 3 aliphatic rings. The van der Waals surface area contributed by atoms with E-state index in [0.717, 1.165) is 0 Å². The van der Waals surface area contributed by atoms with E-state index in [0.29, 0.717) is 63.1 Å². The van der Waals surface area contributed by atoms with E-state index < -0.39 is 17.3 Å². The fourth-order valence-electron chi connectivity index (χ4n) is 3.55. The normalized spacial score (nSPS) is 20.9. The molecule has 0 radical (unpaired) electrons. The summed E-state index contributed by atoms with van der Waals surface area (Å²) >= 11 is 0. The number of hydrogen-bond donors (Lipinski definition) is 0. The van der Waals surface area contributed by atoms with Crippen LogP contribution in [0.3, 0.4) is 0 Å². The van der Waals surface area contributed by atoms with Crippen LogP contribution in [0.25, 0.3) is 0 Å². The highest BCUT2D eigenvalue weighted by molar-refractivity contribution is 5.89. The maximum Gasteiger partial charge on any atom is 0.416 e. The number of carbonyl (C=O) groups excluding carboxylic acids is 2. The number of rotatable bonds is 1. The van der Waals surface area contributed by atoms with Crippen LogP contribution < -0.4 is 14.4 Å². The topological polar surface area (TPSA) is 90.4 Å². The highest BCUT2D eigenvalue weighted by Gasteiger charge is 2.49. The smallest absolute Gasteiger partial charge is 0.416 e. The van der Waals surface area contributed by atoms with Crippen LogP contribution in [-0.4, -0.2) is 66.1 Å². The summed E-state index contributed by atoms with van der Waals surface area (Å²) in [6.07, 6.45) is 0.338. The van der Waals surface area contributed by atoms with Gasteiger partial charge < -0.3 is 23.8 Å². The Morgan fingerprint density at radius 3 is 2.61 bits per heavy atom. The Morgan fingerprint density at radius 2 is 1.89 bits per heavy atom. The van der Waals surface area contributed by atoms with E-state index in [2.05, 4.69) is 4.98 Å². The van der Waals surface area contributed by atoms with Crippen LogP contribution in [0.15, 0.2) is 12.1 Å². The van der Waals surface area contributed by atoms with Crippen LogP contribution in [0.1, 0.15) is 33.6 Å². The van der Waals surface area contributed by atoms with Gasteiger partial charge in [-0.15, -0.1) is 0 Å². The molecule has 4 rings (SSSR count). The number of anilines is 1. The summed E-state index contributed by atoms with van der Waals surface area (Å²) in [6, 6.07) is 3.48. The molecule has 2 fully saturated rings. The number of likely N-dealkylation sites (tertiary alicyclic amines) is 1. The van der Waals surface area contributed by atoms with Gasteiger partial charge in [0.25, 0.3) is 5.88 Å². The summed E-state index contributed by atoms with van der Waals surface area (Å²) in [5.41, 5.74) is -1.16. The van der Waals surface area contributed by atoms with Crippen molar-refractivity contribution >= 4 is 18.0 Å². The zero-order valence-corrected chi connectivity index (χ0v) is 16.4. The maximum absolute atomic E-state index is 12.5. The fraction of sp³-hybridized carbons (Fsp3) is 0.632. The van der Waals surface area contributed by atoms with Gasteiger partial charge >= 0.3 is 12.2 Å². The summed E-state index contributed by atoms with van der Waals surface area (Å²) in [7, 11) is 0. The molecule has 4 heterocycles. The maximum atomic E-state index is 12.5. The second kappa shape index (κ2) is 6.72. The van der Waals surface area contributed by atoms with Crippen LogP contribution in [0, 0.1) is 0 Å². The number of carbonyl (C=O) groups is 2. The molecule has 9 nitrogen and oxygen atoms in total. The number of nitrogens with zero attached hydrogens (tertiary/aromatic N) is 3. The molecule has 0 saturated carbocycles. The predicted octanol–water partition coefficient (Wildman–Crippen LogP) is 2.58. The number of hydrogen-bond acceptors (Lipinski definition) is 7. The van der Waals surface area contributed by atoms with Crippen LogP contribution in [0.4, 0.5) is 15.4 Å². The van der Waals surface area contributed by atoms with Gasteiger partial charge in [-0.2, -0.15) is 4.98 Å². The SMILES string of the molecule is CC(C)(C)OC(=O)N1CCC2(CC1)CN(c1ccc3c(n1)OCCO3)C(=O)O2. The van der Waals surface area contributed by atoms with Crippen LogP contribution >= 0.6 is 0 Å². The third-order valence-corrected chi connectivity index (χ3v) is 4.96. The molecule has 3 aliphatic heterocycles. The molecule has 9 heteroatoms. The summed E-state index contributed by atoms with van der Waals surface area (Å²) in [4.78, 5) is 32.3. The molecule has 0 aromatic carbocycles. The Hall–Kier alpha value is -2.71. The van der Waals surface area contributed by atoms with Gasteiger partial charge in [-0.3, -0.25) is 4.90 Å². The quantitative estimate of drug-likeness (QED) is 0.727. The standard InChI is InChI=1S/C19H25N3O6/c1-18(2,3)27-16(23)21-8-6-19(7-9-21)12-22(17(24)28-19)14-5-4-13-15(20-14)26-11-10-25-13/h4-5H,6-12H2,1-3H3. The Bertz CT molecular complexity index is 782. The minimum absolute atomic E-state index is 0.336. The van der Waals surface area contributed by atoms with Gasteiger partial charge in [0, 0.05) is 25.9 Å². The van der Waals surface area contributed by atoms with Crippen molar-refractivity contribution in [3.05, 3.63) is 12.1 Å². The average molecular weight is 391 g/mol. The number of pyridine rings is 1. The number of amides is 2. The van der Waals surface area contributed by atoms with Crippen molar-refractivity contribution in [3.8, 4) is 11.6 Å². The number of fused-ring (bicyclic) bond motifs is 1. The molecule has 0 unspecified atom stereocenters. The van der Waals surface area contributed by atoms with Crippen molar-refractivity contribution in [3.63, 3.8) is 0 Å². The van der Waals surface area contributed by atoms with Gasteiger partial charge in [0.1, 0.15) is 30.2 Å². The summed E-state index contributed by atoms with van der Waals surface area (Å²) in [6.45, 7) is 7.78. The highest BCUT2D eigenvalue weighted by atomic mass is 16.6. The van der Waals surface area contributed by atoms with Gasteiger partial charge in [0.05, 0.1) is 6.54 Å². The first-order chi connectivity index (χ1) is 13.2. The van der Waals surface area contributed by atoms with Crippen molar-refractivity contribution in [2.24, 2.45) is 0 Å². The van der Waals surface area contributed by atoms with E-state index in [1.165, 1.54) is 4.90 Å². The van der Waals surface area contributed by atoms with Crippen molar-refractivity contribution in [1.29, 1.82) is 0 Å². The Balaban J connectivity index is 1.42. The van der Waals surface area contributed by atoms with E-state index in [1.807, 2.05) is 20.8 Å². The lowest BCUT2D eigenvalue weighted by Crippen LogP contribution is -2.49. The van der Waals surface area contributed by atoms with Crippen LogP contribution in [-0.2, 0) is 9.47 Å². The Morgan fingerprint density at radius 1 is 1.18 bits per heavy atom. The second-order valence-electron chi connectivity index (χ2n) is 8.27. The van der Waals surface area contributed by atoms with E-state index in [4.69, 9.17) is 18.9 Å². The molecule has 28 heavy (non-hydrogen) atoms. The molecule has 1 spiro atoms. The first-order valence-corrected chi connectivity index (χ1v) is 9.50. The van der Waals surface area contributed by atoms with Crippen LogP contribution in [0.5, 0.6) is 11.6 Å². The molecule has 0 bridgehead atoms. The molecule has 0 atom stereocenters. The first-order valence-electron chi connectivity index (χ1n) is 9.50. The largest absolute Gasteiger partial charge is 0.484 e. The van der Waals surface area contributed by atoms with Gasteiger partial charge in [-0.05, 0) is 32.9 Å². The van der Waals surface area contributed by atoms with E-state index in [-0.39, 0.29) is 6.09 Å². The lowest BCUT2D eigenvalue weighted by Gasteiger charge is -2.37. The molecule has 1 aromatic heterocycles. The third kappa shape index (κ3) is 3.65. The predicted molar refractivity (Wildman–Crippen MR) is 98.8 cm³/mol. The number of ether oxygens (including phenoxy) is 4. The monoisotopic (exact) mass is 391 g/mol. The third-order valence-electron chi connectivity index (χ3n) is 4.96. The molecule has 0 N–H and O–H groups in total. The van der Waals surface area contributed by atoms with Gasteiger partial charge in [0.2, 0.25) is 0 Å². The summed E-state index contributed by atoms with van der Waals surface area (Å²) in [5.74, 6) is 1.43. The van der Waals surface area contributed by atoms with Crippen molar-refractivity contribution < 1.29 is 28.5 Å². The number of aromatic nitrogens is 1. The molecule has 2 amide bonds. The van der Waals surface area contributed by atoms with Gasteiger partial charge in [-0.1, -0.05) is 0 Å². The van der Waals surface area contributed by atoms with Crippen molar-refractivity contribution in [1.82, 2.24) is 9.88 Å². The highest BCUT2D eigenvalue weighted by Crippen LogP contribution is 2.37. The zero-order valence-electron chi connectivity index (χ0n) is 16.4. The molecule has 2 saturated heterocycles. The Kier molecular flexibility index (Phi) is 4.47. The van der Waals surface area contributed by atoms with Gasteiger partial charge in [-0.25, -0.2) is 9.59 Å². The molecular weight excluding hydrogens is 366 g/mol. The lowest BCUT2D eigenvalue weighted by molar-refractivity contribution is -0.0167. The minimum Gasteiger partial charge on any atom is -0.484 e. The molecule has 0 aliphatic carbocycles. The second-order valence-corrected chi connectivity index (χ2v) is 8.27. The molecular formula is C19H25N3O6. The Labute approximate surface area is 163 Å². The van der Waals surface area contributed by atoms with Crippen molar-refractivity contribution in [2.75, 3.05) is 37.7 Å². The zero-order chi connectivity index (χ0) is 19.9. The van der Waals surface area contributed by atoms with Crippen LogP contribution in [0.2, 0.25) is 0 Å². The first kappa shape index (κ1) is 18.6. The summed E-state index contributed by atoms with van der Waals surface area (Å²) < 4.78 is 22.1. The van der Waals surface area contributed by atoms with E-state index in [9.17, 15) is 9.59 Å². The molecule has 152 valence electrons. The van der Waals surface area contributed by atoms with E-state index >= 15 is 0 Å². The fourth-order valence-corrected chi connectivity index (χ4v) is 3.55. The molecule has 1 aromatic rings. The minimum atomic E-state index is -0.621. The number of piperidine rings is 1. The lowest BCUT2D eigenvalue weighted by atomic mass is 9.91. The summed E-state index contributed by atoms with van der Waals surface area (Å²) in [5, 5.41) is 0. The average Bonchev–Trinajstić information content (AvgIpc) is 2.96. The van der Waals surface area contributed by atoms with E-state index in [1.54, 1.807) is 17.0 Å². The van der Waals surface area contributed by atoms with Crippen molar-refractivity contribution in [2.45, 2.75) is 44.8 Å².